The number of hydrogen-bond acceptors (Lipinski definition) is 6. The number of carbonyl (C=O) groups excluding carboxylic acids is 1. The number of alkyl carbamates (subject to hydrolysis) is 1. The molecule has 0 bridgehead atoms. The van der Waals surface area contributed by atoms with Crippen molar-refractivity contribution in [1.82, 2.24) is 5.32 Å². The zero-order valence-corrected chi connectivity index (χ0v) is 18.9. The van der Waals surface area contributed by atoms with E-state index in [0.29, 0.717) is 13.0 Å². The average Bonchev–Trinajstić information content (AvgIpc) is 3.12. The summed E-state index contributed by atoms with van der Waals surface area (Å²) in [4.78, 5) is 11.9. The van der Waals surface area contributed by atoms with E-state index in [-0.39, 0.29) is 6.61 Å². The van der Waals surface area contributed by atoms with Crippen molar-refractivity contribution in [2.24, 2.45) is 0 Å². The Hall–Kier alpha value is -2.84. The highest BCUT2D eigenvalue weighted by atomic mass is 32.2. The summed E-state index contributed by atoms with van der Waals surface area (Å²) >= 11 is 0. The quantitative estimate of drug-likeness (QED) is 0.532. The number of benzene rings is 2. The largest absolute Gasteiger partial charge is 0.464 e. The van der Waals surface area contributed by atoms with Gasteiger partial charge in [0.2, 0.25) is 0 Å². The molecule has 0 unspecified atom stereocenters. The van der Waals surface area contributed by atoms with Gasteiger partial charge in [0.1, 0.15) is 11.2 Å². The molecule has 2 aromatic carbocycles. The number of carbonyl (C=O) groups is 1. The molecule has 7 nitrogen and oxygen atoms in total. The van der Waals surface area contributed by atoms with Crippen molar-refractivity contribution in [2.45, 2.75) is 39.3 Å². The molecular weight excluding hydrogens is 418 g/mol. The third kappa shape index (κ3) is 6.83. The Morgan fingerprint density at radius 2 is 1.87 bits per heavy atom. The van der Waals surface area contributed by atoms with E-state index in [1.807, 2.05) is 63.2 Å². The highest BCUT2D eigenvalue weighted by molar-refractivity contribution is 7.85. The molecule has 0 aliphatic heterocycles. The van der Waals surface area contributed by atoms with Gasteiger partial charge in [-0.1, -0.05) is 18.2 Å². The summed E-state index contributed by atoms with van der Waals surface area (Å²) in [5, 5.41) is 3.68. The Bertz CT molecular complexity index is 1170. The topological polar surface area (TPSA) is 94.8 Å². The van der Waals surface area contributed by atoms with Crippen LogP contribution >= 0.6 is 0 Å². The van der Waals surface area contributed by atoms with E-state index in [4.69, 9.17) is 13.3 Å². The van der Waals surface area contributed by atoms with Gasteiger partial charge < -0.3 is 14.5 Å². The fraction of sp³-hybridized carbons (Fsp3) is 0.348. The molecule has 0 radical (unpaired) electrons. The van der Waals surface area contributed by atoms with E-state index in [2.05, 4.69) is 5.32 Å². The first kappa shape index (κ1) is 22.8. The summed E-state index contributed by atoms with van der Waals surface area (Å²) in [6.07, 6.45) is 2.63. The van der Waals surface area contributed by atoms with Crippen LogP contribution in [0, 0.1) is 0 Å². The molecule has 166 valence electrons. The van der Waals surface area contributed by atoms with Gasteiger partial charge in [0.25, 0.3) is 10.1 Å². The molecule has 0 atom stereocenters. The maximum absolute atomic E-state index is 11.9. The SMILES string of the molecule is CC(C)(C)OC(=O)NCc1cccc(-c2cc(CCOS(C)(=O)=O)cc3ccoc23)c1. The summed E-state index contributed by atoms with van der Waals surface area (Å²) in [7, 11) is -3.48. The van der Waals surface area contributed by atoms with Crippen molar-refractivity contribution >= 4 is 27.2 Å². The Kier molecular flexibility index (Phi) is 6.71. The molecule has 0 aliphatic carbocycles. The highest BCUT2D eigenvalue weighted by Crippen LogP contribution is 2.32. The van der Waals surface area contributed by atoms with Crippen LogP contribution in [0.2, 0.25) is 0 Å². The highest BCUT2D eigenvalue weighted by Gasteiger charge is 2.16. The van der Waals surface area contributed by atoms with E-state index in [1.165, 1.54) is 0 Å². The van der Waals surface area contributed by atoms with Crippen molar-refractivity contribution < 1.29 is 26.5 Å². The molecule has 0 saturated heterocycles. The molecule has 0 spiro atoms. The second kappa shape index (κ2) is 9.11. The lowest BCUT2D eigenvalue weighted by Gasteiger charge is -2.19. The zero-order chi connectivity index (χ0) is 22.6. The fourth-order valence-corrected chi connectivity index (χ4v) is 3.54. The number of furan rings is 1. The van der Waals surface area contributed by atoms with Crippen LogP contribution in [-0.4, -0.2) is 33.0 Å². The predicted molar refractivity (Wildman–Crippen MR) is 119 cm³/mol. The minimum absolute atomic E-state index is 0.0709. The van der Waals surface area contributed by atoms with Gasteiger partial charge in [0, 0.05) is 17.5 Å². The van der Waals surface area contributed by atoms with Gasteiger partial charge >= 0.3 is 6.09 Å². The number of hydrogen-bond donors (Lipinski definition) is 1. The van der Waals surface area contributed by atoms with Gasteiger partial charge in [0.05, 0.1) is 19.1 Å². The molecule has 1 aromatic heterocycles. The van der Waals surface area contributed by atoms with Gasteiger partial charge in [-0.15, -0.1) is 0 Å². The first-order valence-electron chi connectivity index (χ1n) is 9.91. The van der Waals surface area contributed by atoms with Gasteiger partial charge in [-0.25, -0.2) is 4.79 Å². The van der Waals surface area contributed by atoms with Crippen molar-refractivity contribution in [3.05, 3.63) is 59.9 Å². The average molecular weight is 446 g/mol. The van der Waals surface area contributed by atoms with Crippen LogP contribution in [0.4, 0.5) is 4.79 Å². The number of fused-ring (bicyclic) bond motifs is 1. The van der Waals surface area contributed by atoms with Gasteiger partial charge in [-0.05, 0) is 68.1 Å². The smallest absolute Gasteiger partial charge is 0.407 e. The Morgan fingerprint density at radius 3 is 2.58 bits per heavy atom. The van der Waals surface area contributed by atoms with E-state index < -0.39 is 21.8 Å². The second-order valence-electron chi connectivity index (χ2n) is 8.31. The Labute approximate surface area is 182 Å². The molecule has 0 fully saturated rings. The lowest BCUT2D eigenvalue weighted by atomic mass is 9.98. The number of ether oxygens (including phenoxy) is 1. The second-order valence-corrected chi connectivity index (χ2v) is 9.96. The van der Waals surface area contributed by atoms with Gasteiger partial charge in [-0.2, -0.15) is 8.42 Å². The van der Waals surface area contributed by atoms with Crippen LogP contribution in [0.15, 0.2) is 53.1 Å². The van der Waals surface area contributed by atoms with Crippen molar-refractivity contribution in [3.63, 3.8) is 0 Å². The van der Waals surface area contributed by atoms with Crippen LogP contribution in [0.1, 0.15) is 31.9 Å². The fourth-order valence-electron chi connectivity index (χ4n) is 3.15. The van der Waals surface area contributed by atoms with Crippen LogP contribution in [-0.2, 0) is 32.0 Å². The van der Waals surface area contributed by atoms with Crippen LogP contribution < -0.4 is 5.32 Å². The molecule has 1 N–H and O–H groups in total. The molecule has 3 rings (SSSR count). The lowest BCUT2D eigenvalue weighted by molar-refractivity contribution is 0.0523. The summed E-state index contributed by atoms with van der Waals surface area (Å²) in [6, 6.07) is 13.6. The number of amides is 1. The Morgan fingerprint density at radius 1 is 1.10 bits per heavy atom. The summed E-state index contributed by atoms with van der Waals surface area (Å²) < 4.78 is 38.3. The maximum atomic E-state index is 11.9. The first-order chi connectivity index (χ1) is 14.5. The molecule has 1 amide bonds. The first-order valence-corrected chi connectivity index (χ1v) is 11.7. The summed E-state index contributed by atoms with van der Waals surface area (Å²) in [5.41, 5.74) is 3.84. The molecule has 0 saturated carbocycles. The summed E-state index contributed by atoms with van der Waals surface area (Å²) in [6.45, 7) is 5.84. The van der Waals surface area contributed by atoms with Gasteiger partial charge in [0.15, 0.2) is 0 Å². The van der Waals surface area contributed by atoms with Gasteiger partial charge in [-0.3, -0.25) is 4.18 Å². The molecule has 3 aromatic rings. The van der Waals surface area contributed by atoms with Crippen molar-refractivity contribution in [1.29, 1.82) is 0 Å². The minimum atomic E-state index is -3.48. The normalized spacial score (nSPS) is 12.1. The molecule has 31 heavy (non-hydrogen) atoms. The van der Waals surface area contributed by atoms with E-state index in [1.54, 1.807) is 6.26 Å². The molecule has 0 aliphatic rings. The molecule has 1 heterocycles. The van der Waals surface area contributed by atoms with Crippen LogP contribution in [0.5, 0.6) is 0 Å². The predicted octanol–water partition coefficient (Wildman–Crippen LogP) is 4.64. The minimum Gasteiger partial charge on any atom is -0.464 e. The molecular formula is C23H27NO6S. The van der Waals surface area contributed by atoms with Crippen molar-refractivity contribution in [3.8, 4) is 11.1 Å². The van der Waals surface area contributed by atoms with E-state index in [9.17, 15) is 13.2 Å². The monoisotopic (exact) mass is 445 g/mol. The lowest BCUT2D eigenvalue weighted by Crippen LogP contribution is -2.32. The number of rotatable bonds is 7. The van der Waals surface area contributed by atoms with E-state index >= 15 is 0 Å². The van der Waals surface area contributed by atoms with E-state index in [0.717, 1.165) is 39.5 Å². The summed E-state index contributed by atoms with van der Waals surface area (Å²) in [5.74, 6) is 0. The van der Waals surface area contributed by atoms with Crippen LogP contribution in [0.25, 0.3) is 22.1 Å². The number of nitrogens with one attached hydrogen (secondary N) is 1. The van der Waals surface area contributed by atoms with Crippen LogP contribution in [0.3, 0.4) is 0 Å². The maximum Gasteiger partial charge on any atom is 0.407 e. The third-order valence-corrected chi connectivity index (χ3v) is 4.97. The Balaban J connectivity index is 1.81. The van der Waals surface area contributed by atoms with Crippen molar-refractivity contribution in [2.75, 3.05) is 12.9 Å². The standard InChI is InChI=1S/C23H27NO6S/c1-23(2,3)30-22(25)24-15-17-6-5-7-18(13-17)20-14-16(8-11-29-31(4,26)27)12-19-9-10-28-21(19)20/h5-7,9-10,12-14H,8,11,15H2,1-4H3,(H,24,25). The zero-order valence-electron chi connectivity index (χ0n) is 18.1. The molecule has 8 heteroatoms. The third-order valence-electron chi connectivity index (χ3n) is 4.37.